The number of nitrogens with one attached hydrogen (secondary N) is 4. The summed E-state index contributed by atoms with van der Waals surface area (Å²) in [4.78, 5) is 152. The molecule has 13 N–H and O–H groups in total. The number of aliphatic hydroxyl groups is 8. The number of ketones is 1. The van der Waals surface area contributed by atoms with Crippen LogP contribution in [0.2, 0.25) is 0 Å². The lowest BCUT2D eigenvalue weighted by molar-refractivity contribution is -0.385. The summed E-state index contributed by atoms with van der Waals surface area (Å²) in [6, 6.07) is 14.4. The van der Waals surface area contributed by atoms with Crippen molar-refractivity contribution >= 4 is 103 Å². The lowest BCUT2D eigenvalue weighted by atomic mass is 9.47. The van der Waals surface area contributed by atoms with E-state index in [4.69, 9.17) is 92.0 Å². The first-order chi connectivity index (χ1) is 71.5. The number of aromatic nitrogens is 2. The summed E-state index contributed by atoms with van der Waals surface area (Å²) in [5.41, 5.74) is 2.87. The lowest BCUT2D eigenvalue weighted by Crippen LogP contribution is -2.80. The van der Waals surface area contributed by atoms with Crippen molar-refractivity contribution in [3.05, 3.63) is 105 Å². The van der Waals surface area contributed by atoms with E-state index in [2.05, 4.69) is 117 Å². The third-order valence-corrected chi connectivity index (χ3v) is 31.6. The zero-order valence-electron chi connectivity index (χ0n) is 89.7. The van der Waals surface area contributed by atoms with Crippen molar-refractivity contribution < 1.29 is 160 Å². The number of unbranched alkanes of at least 4 members (excludes halogenated alkanes) is 1. The molecule has 3 amide bonds. The highest BCUT2D eigenvalue weighted by Gasteiger charge is 2.78. The number of piperidine rings is 1. The molecule has 3 fully saturated rings. The number of benzene rings is 2. The number of Topliss-reactive ketones (excluding diaryl/α,β-unsaturated/α-hetero) is 1. The van der Waals surface area contributed by atoms with E-state index < -0.39 is 136 Å². The molecule has 1 saturated carbocycles. The molecule has 1 aliphatic carbocycles. The summed E-state index contributed by atoms with van der Waals surface area (Å²) in [7, 11) is 10.6. The number of hydrogen-bond acceptors (Lipinski definition) is 39. The molecule has 2 bridgehead atoms. The Kier molecular flexibility index (Phi) is 55.5. The zero-order valence-corrected chi connectivity index (χ0v) is 91.4. The minimum atomic E-state index is -2.17. The number of aromatic amines is 1. The Morgan fingerprint density at radius 3 is 1.77 bits per heavy atom. The van der Waals surface area contributed by atoms with Crippen molar-refractivity contribution in [2.24, 2.45) is 11.3 Å². The first kappa shape index (κ1) is 130. The number of aliphatic carboxylic acids is 1. The van der Waals surface area contributed by atoms with E-state index in [-0.39, 0.29) is 164 Å². The molecule has 15 unspecified atom stereocenters. The van der Waals surface area contributed by atoms with E-state index in [1.807, 2.05) is 48.6 Å². The molecule has 2 saturated heterocycles. The molecule has 43 nitrogen and oxygen atoms in total. The number of pyridine rings is 1. The minimum absolute atomic E-state index is 0.00219. The van der Waals surface area contributed by atoms with Gasteiger partial charge >= 0.3 is 36.0 Å². The molecule has 19 atom stereocenters. The molecule has 1 spiro atoms. The van der Waals surface area contributed by atoms with Gasteiger partial charge in [0.15, 0.2) is 36.5 Å². The average molecular weight is 2160 g/mol. The molecule has 5 aliphatic heterocycles. The van der Waals surface area contributed by atoms with Crippen molar-refractivity contribution in [1.82, 2.24) is 35.7 Å². The molecule has 2 aromatic heterocycles. The smallest absolute Gasteiger partial charge is 0.373 e. The standard InChI is InChI=1S/C61H87N5O12.C25H40N4O9S2.C11H20O7.C7H16O4.CO2/c1-9-41(35-67)78-51(75-8)36-77-50(70)22-16-21-49(69)62-39(5)53(71)76-29-15-14-20-48(68)61(74)55-60(25-28-66-26-17-24-59(11-3,54(60)66)56(61)72)45-31-44(38(4)30-47(45)64(55)7)57(6)32-40-33-58(73,10-2)37-65(34-40)27-23-43-42-18-12-13-19-46(42)63-52(43)57;1-5-19(38-24(16-30)36-4)17-37-23(33)10-8-20(31)26-13-6-14-27-21(32)11-12-25(2,3)40-39-22-9-7-18(15-28-22)29(34)35;1-3-8(18-11(6-12)16-2)7-17-10(15)5-4-9(13)14;1-3-6(4-8)11-7(5-9)10-2;2-1-3/h12-13,17-19,24,30-31,39-41,51,54-56,63,67,72-74H,9-11,14-16,20-23,25-29,32-37H2,1-8H3,(H,62,69);7,9,15,19,24,30H,5-6,8,10-14,16-17H2,1-4H3,(H,26,31)(H,27,32);8,11-12H,3-7H2,1-2H3,(H,13,14);6-9H,3-5H2,1-2H3;/t39?,40?,41?,51?,54?,55?,56-,57-,58?,59-,60?,61+;;;;/m1..../s1. The van der Waals surface area contributed by atoms with Crippen LogP contribution in [-0.2, 0) is 127 Å². The number of likely N-dealkylation sites (N-methyl/N-ethyl adjacent to an activating group) is 1. The molecule has 10 rings (SSSR count). The number of amides is 3. The zero-order chi connectivity index (χ0) is 111. The normalized spacial score (nSPS) is 23.1. The largest absolute Gasteiger partial charge is 0.481 e. The Hall–Kier alpha value is -9.14. The van der Waals surface area contributed by atoms with Crippen molar-refractivity contribution in [3.8, 4) is 0 Å². The number of methoxy groups -OCH3 is 4. The van der Waals surface area contributed by atoms with Crippen LogP contribution in [0.1, 0.15) is 238 Å². The van der Waals surface area contributed by atoms with Gasteiger partial charge in [0, 0.05) is 162 Å². The van der Waals surface area contributed by atoms with Crippen LogP contribution >= 0.6 is 21.6 Å². The molecule has 844 valence electrons. The third kappa shape index (κ3) is 36.8. The maximum Gasteiger partial charge on any atom is 0.373 e. The minimum Gasteiger partial charge on any atom is -0.481 e. The highest BCUT2D eigenvalue weighted by Crippen LogP contribution is 2.68. The number of carboxylic acid groups (broad SMARTS) is 1. The highest BCUT2D eigenvalue weighted by molar-refractivity contribution is 8.77. The number of carbonyl (C=O) groups is 9. The Morgan fingerprint density at radius 1 is 0.653 bits per heavy atom. The van der Waals surface area contributed by atoms with Crippen LogP contribution in [0.25, 0.3) is 10.9 Å². The average Bonchev–Trinajstić information content (AvgIpc) is 1.47. The predicted molar refractivity (Wildman–Crippen MR) is 554 cm³/mol. The van der Waals surface area contributed by atoms with Crippen LogP contribution in [-0.4, -0.2) is 361 Å². The molecular formula is C105H163N9O34S2. The summed E-state index contributed by atoms with van der Waals surface area (Å²) in [5, 5.41) is 112. The van der Waals surface area contributed by atoms with Crippen molar-refractivity contribution in [2.45, 2.75) is 329 Å². The van der Waals surface area contributed by atoms with Gasteiger partial charge in [0.05, 0.1) is 99.9 Å². The topological polar surface area (TPSA) is 598 Å². The van der Waals surface area contributed by atoms with Crippen LogP contribution in [0.4, 0.5) is 11.4 Å². The number of fused-ring (bicyclic) bond motifs is 6. The quantitative estimate of drug-likeness (QED) is 0.00291. The molecule has 0 radical (unpaired) electrons. The fraction of sp³-hybridized carbons (Fsp3) is 0.705. The van der Waals surface area contributed by atoms with Crippen LogP contribution in [0.3, 0.4) is 0 Å². The van der Waals surface area contributed by atoms with Gasteiger partial charge in [0.2, 0.25) is 17.7 Å². The summed E-state index contributed by atoms with van der Waals surface area (Å²) in [5.74, 6) is -4.37. The van der Waals surface area contributed by atoms with Crippen LogP contribution in [0, 0.1) is 28.4 Å². The monoisotopic (exact) mass is 2160 g/mol. The summed E-state index contributed by atoms with van der Waals surface area (Å²) in [6.45, 7) is 25.2. The van der Waals surface area contributed by atoms with Crippen LogP contribution < -0.4 is 20.9 Å². The maximum absolute atomic E-state index is 15.2. The molecule has 2 aromatic carbocycles. The highest BCUT2D eigenvalue weighted by atomic mass is 33.1. The number of hydrogen-bond donors (Lipinski definition) is 13. The van der Waals surface area contributed by atoms with Gasteiger partial charge in [0.25, 0.3) is 5.69 Å². The Bertz CT molecular complexity index is 4930. The predicted octanol–water partition coefficient (Wildman–Crippen LogP) is 7.96. The number of nitrogens with zero attached hydrogens (tertiary/aromatic N) is 5. The Balaban J connectivity index is 0.000000392. The molecule has 7 heterocycles. The SMILES string of the molecule is CCC(CO)OC(CO)OC.CCC(CO)OC(COC(=O)CCCC(=O)NC(C)C(=O)OCCCCC(=O)[C@]1(O)C2N(C)c3cc(C)c([C@@]4(C)CC5CN(CCc6c4[nH]c4ccccc64)CC(O)(CC)C5)cc3C23CCN2CC=C[C@](CC)(C23)[C@H]1O)OC.CCC(COC(=O)CCC(=O)NCCCNC(=O)CCC(C)(C)SSc1ccc([N+](=O)[O-])cn1)OC(CO)OC.CCC(COC(=O)CCC(=O)O)OC(CO)OC.O=C=O. The van der Waals surface area contributed by atoms with Gasteiger partial charge in [-0.25, -0.2) is 9.78 Å². The maximum atomic E-state index is 15.2. The molecule has 6 aliphatic rings. The number of carbonyl (C=O) groups excluding carboxylic acids is 10. The first-order valence-electron chi connectivity index (χ1n) is 51.7. The van der Waals surface area contributed by atoms with E-state index >= 15 is 4.79 Å². The number of anilines is 1. The molecule has 45 heteroatoms. The fourth-order valence-corrected chi connectivity index (χ4v) is 22.6. The van der Waals surface area contributed by atoms with Crippen molar-refractivity contribution in [2.75, 3.05) is 146 Å². The van der Waals surface area contributed by atoms with Crippen LogP contribution in [0.15, 0.2) is 71.9 Å². The number of rotatable bonds is 59. The Labute approximate surface area is 886 Å². The van der Waals surface area contributed by atoms with Gasteiger partial charge in [-0.05, 0) is 195 Å². The third-order valence-electron chi connectivity index (χ3n) is 28.4. The number of aryl methyl sites for hydroxylation is 1. The first-order valence-corrected chi connectivity index (χ1v) is 53.8. The number of nitro groups is 1. The molecule has 150 heavy (non-hydrogen) atoms. The summed E-state index contributed by atoms with van der Waals surface area (Å²) in [6.07, 6.45) is 8.10. The number of carboxylic acids is 1. The van der Waals surface area contributed by atoms with E-state index in [1.165, 1.54) is 80.6 Å². The van der Waals surface area contributed by atoms with Gasteiger partial charge in [-0.3, -0.25) is 58.3 Å². The van der Waals surface area contributed by atoms with E-state index in [0.29, 0.717) is 102 Å². The summed E-state index contributed by atoms with van der Waals surface area (Å²) >= 11 is 0. The number of esters is 4. The number of para-hydroxylation sites is 1. The second kappa shape index (κ2) is 64.3. The van der Waals surface area contributed by atoms with E-state index in [9.17, 15) is 68.9 Å². The van der Waals surface area contributed by atoms with E-state index in [1.54, 1.807) is 16.9 Å². The lowest BCUT2D eigenvalue weighted by Gasteiger charge is -2.63. The fourth-order valence-electron chi connectivity index (χ4n) is 20.4. The second-order valence-electron chi connectivity index (χ2n) is 39.2. The number of aliphatic hydroxyl groups excluding tert-OH is 6. The number of ether oxygens (including phenoxy) is 12. The second-order valence-corrected chi connectivity index (χ2v) is 42.1. The van der Waals surface area contributed by atoms with Gasteiger partial charge in [-0.1, -0.05) is 88.8 Å². The van der Waals surface area contributed by atoms with Gasteiger partial charge in [-0.2, -0.15) is 9.59 Å². The van der Waals surface area contributed by atoms with Gasteiger partial charge < -0.3 is 129 Å². The molecular weight excluding hydrogens is 2000 g/mol. The van der Waals surface area contributed by atoms with Gasteiger partial charge in [-0.15, -0.1) is 0 Å². The van der Waals surface area contributed by atoms with E-state index in [0.717, 1.165) is 61.2 Å². The van der Waals surface area contributed by atoms with Gasteiger partial charge in [0.1, 0.15) is 43.2 Å². The van der Waals surface area contributed by atoms with Crippen molar-refractivity contribution in [1.29, 1.82) is 0 Å². The van der Waals surface area contributed by atoms with Crippen molar-refractivity contribution in [3.63, 3.8) is 0 Å². The Morgan fingerprint density at radius 2 is 1.22 bits per heavy atom. The number of H-pyrrole nitrogens is 1. The molecule has 4 aromatic rings. The van der Waals surface area contributed by atoms with Crippen LogP contribution in [0.5, 0.6) is 0 Å². The summed E-state index contributed by atoms with van der Waals surface area (Å²) < 4.78 is 61.7.